The molecule has 10 heteroatoms. The third-order valence-corrected chi connectivity index (χ3v) is 5.52. The van der Waals surface area contributed by atoms with Crippen LogP contribution in [0.25, 0.3) is 0 Å². The van der Waals surface area contributed by atoms with E-state index in [1.165, 1.54) is 6.08 Å². The van der Waals surface area contributed by atoms with Crippen molar-refractivity contribution in [2.24, 2.45) is 5.73 Å². The Balaban J connectivity index is 1.67. The molecule has 3 rings (SSSR count). The van der Waals surface area contributed by atoms with Gasteiger partial charge in [0.1, 0.15) is 5.75 Å². The number of primary amides is 1. The summed E-state index contributed by atoms with van der Waals surface area (Å²) >= 11 is 0. The van der Waals surface area contributed by atoms with Crippen LogP contribution in [-0.4, -0.2) is 54.2 Å². The number of nitrogens with two attached hydrogens (primary N) is 1. The van der Waals surface area contributed by atoms with Crippen LogP contribution in [0.5, 0.6) is 5.75 Å². The number of nitrogens with zero attached hydrogens (tertiary/aromatic N) is 2. The maximum atomic E-state index is 12.1. The van der Waals surface area contributed by atoms with E-state index in [2.05, 4.69) is 27.5 Å². The minimum absolute atomic E-state index is 0.0901. The van der Waals surface area contributed by atoms with Gasteiger partial charge in [-0.25, -0.2) is 9.97 Å². The van der Waals surface area contributed by atoms with Crippen LogP contribution in [0.4, 0.5) is 17.3 Å². The van der Waals surface area contributed by atoms with Gasteiger partial charge >= 0.3 is 0 Å². The van der Waals surface area contributed by atoms with E-state index in [9.17, 15) is 9.59 Å². The Hall–Kier alpha value is -3.66. The number of ether oxygens (including phenoxy) is 2. The van der Waals surface area contributed by atoms with E-state index >= 15 is 0 Å². The fourth-order valence-corrected chi connectivity index (χ4v) is 3.63. The largest absolute Gasteiger partial charge is 0.494 e. The number of unbranched alkanes of at least 4 members (excludes halogenated alkanes) is 1. The van der Waals surface area contributed by atoms with Crippen molar-refractivity contribution >= 4 is 29.1 Å². The Bertz CT molecular complexity index is 1020. The number of hydrogen-bond donors (Lipinski definition) is 4. The number of hydrogen-bond acceptors (Lipinski definition) is 8. The molecule has 0 spiro atoms. The molecule has 0 radical (unpaired) electrons. The third-order valence-electron chi connectivity index (χ3n) is 5.52. The van der Waals surface area contributed by atoms with Crippen LogP contribution >= 0.6 is 0 Å². The van der Waals surface area contributed by atoms with Gasteiger partial charge < -0.3 is 31.2 Å². The SMILES string of the molecule is C=CC(=O)NCCCCOc1cccc(Nc2nc(NC3CCOCC3)c(CC)nc2C(N)=O)c1. The molecule has 0 saturated carbocycles. The first-order valence-electron chi connectivity index (χ1n) is 11.9. The van der Waals surface area contributed by atoms with Crippen molar-refractivity contribution in [3.8, 4) is 5.75 Å². The molecule has 1 saturated heterocycles. The number of anilines is 3. The number of nitrogens with one attached hydrogen (secondary N) is 3. The van der Waals surface area contributed by atoms with E-state index < -0.39 is 5.91 Å². The van der Waals surface area contributed by atoms with Crippen LogP contribution < -0.4 is 26.4 Å². The average molecular weight is 483 g/mol. The lowest BCUT2D eigenvalue weighted by molar-refractivity contribution is -0.116. The molecule has 5 N–H and O–H groups in total. The lowest BCUT2D eigenvalue weighted by Crippen LogP contribution is -2.29. The van der Waals surface area contributed by atoms with Gasteiger partial charge in [-0.3, -0.25) is 9.59 Å². The first-order valence-corrected chi connectivity index (χ1v) is 11.9. The zero-order chi connectivity index (χ0) is 25.0. The topological polar surface area (TPSA) is 140 Å². The summed E-state index contributed by atoms with van der Waals surface area (Å²) in [6.07, 6.45) is 5.20. The molecule has 0 unspecified atom stereocenters. The number of benzene rings is 1. The summed E-state index contributed by atoms with van der Waals surface area (Å²) in [7, 11) is 0. The summed E-state index contributed by atoms with van der Waals surface area (Å²) in [5, 5.41) is 9.37. The molecule has 2 aromatic rings. The minimum Gasteiger partial charge on any atom is -0.494 e. The fourth-order valence-electron chi connectivity index (χ4n) is 3.63. The molecule has 10 nitrogen and oxygen atoms in total. The maximum Gasteiger partial charge on any atom is 0.271 e. The molecule has 35 heavy (non-hydrogen) atoms. The van der Waals surface area contributed by atoms with Gasteiger partial charge in [-0.05, 0) is 50.3 Å². The van der Waals surface area contributed by atoms with Crippen LogP contribution in [0.3, 0.4) is 0 Å². The van der Waals surface area contributed by atoms with Gasteiger partial charge in [-0.2, -0.15) is 0 Å². The van der Waals surface area contributed by atoms with Crippen molar-refractivity contribution < 1.29 is 19.1 Å². The normalized spacial score (nSPS) is 13.6. The molecule has 0 atom stereocenters. The van der Waals surface area contributed by atoms with Crippen molar-refractivity contribution in [2.45, 2.75) is 45.1 Å². The second-order valence-electron chi connectivity index (χ2n) is 8.17. The molecule has 188 valence electrons. The molecule has 1 fully saturated rings. The highest BCUT2D eigenvalue weighted by atomic mass is 16.5. The van der Waals surface area contributed by atoms with Gasteiger partial charge in [0.15, 0.2) is 17.3 Å². The van der Waals surface area contributed by atoms with E-state index in [1.807, 2.05) is 31.2 Å². The van der Waals surface area contributed by atoms with Crippen molar-refractivity contribution in [3.05, 3.63) is 48.3 Å². The Labute approximate surface area is 205 Å². The summed E-state index contributed by atoms with van der Waals surface area (Å²) in [6, 6.07) is 7.61. The van der Waals surface area contributed by atoms with Crippen molar-refractivity contribution in [2.75, 3.05) is 37.0 Å². The highest BCUT2D eigenvalue weighted by molar-refractivity contribution is 5.96. The lowest BCUT2D eigenvalue weighted by Gasteiger charge is -2.25. The summed E-state index contributed by atoms with van der Waals surface area (Å²) in [6.45, 7) is 7.87. The zero-order valence-corrected chi connectivity index (χ0v) is 20.1. The van der Waals surface area contributed by atoms with Gasteiger partial charge in [0.25, 0.3) is 5.91 Å². The zero-order valence-electron chi connectivity index (χ0n) is 20.1. The van der Waals surface area contributed by atoms with E-state index in [-0.39, 0.29) is 17.6 Å². The summed E-state index contributed by atoms with van der Waals surface area (Å²) in [4.78, 5) is 32.5. The average Bonchev–Trinajstić information content (AvgIpc) is 2.86. The molecule has 0 aliphatic carbocycles. The van der Waals surface area contributed by atoms with Crippen molar-refractivity contribution in [1.29, 1.82) is 0 Å². The second kappa shape index (κ2) is 13.3. The monoisotopic (exact) mass is 482 g/mol. The Morgan fingerprint density at radius 3 is 2.74 bits per heavy atom. The summed E-state index contributed by atoms with van der Waals surface area (Å²) < 4.78 is 11.3. The predicted octanol–water partition coefficient (Wildman–Crippen LogP) is 2.93. The minimum atomic E-state index is -0.650. The van der Waals surface area contributed by atoms with Gasteiger partial charge in [0, 0.05) is 37.6 Å². The number of rotatable bonds is 13. The standard InChI is InChI=1S/C25H34N6O4/c1-3-20-24(28-17-10-14-34-15-11-17)31-25(22(30-20)23(26)33)29-18-8-7-9-19(16-18)35-13-6-5-12-27-21(32)4-2/h4,7-9,16-17H,2-3,5-6,10-15H2,1H3,(H2,26,33)(H,27,32)(H2,28,29,31). The number of amides is 2. The summed E-state index contributed by atoms with van der Waals surface area (Å²) in [5.74, 6) is 0.774. The van der Waals surface area contributed by atoms with Crippen molar-refractivity contribution in [3.63, 3.8) is 0 Å². The molecule has 1 aliphatic heterocycles. The number of carbonyl (C=O) groups excluding carboxylic acids is 2. The molecular formula is C25H34N6O4. The fraction of sp³-hybridized carbons (Fsp3) is 0.440. The maximum absolute atomic E-state index is 12.1. The Morgan fingerprint density at radius 2 is 2.03 bits per heavy atom. The second-order valence-corrected chi connectivity index (χ2v) is 8.17. The highest BCUT2D eigenvalue weighted by Gasteiger charge is 2.20. The van der Waals surface area contributed by atoms with E-state index in [4.69, 9.17) is 20.2 Å². The van der Waals surface area contributed by atoms with Crippen LogP contribution in [0.2, 0.25) is 0 Å². The Kier molecular flexibility index (Phi) is 9.85. The number of carbonyl (C=O) groups is 2. The number of aromatic nitrogens is 2. The van der Waals surface area contributed by atoms with Crippen LogP contribution in [0.15, 0.2) is 36.9 Å². The van der Waals surface area contributed by atoms with Crippen LogP contribution in [0, 0.1) is 0 Å². The van der Waals surface area contributed by atoms with Gasteiger partial charge in [-0.1, -0.05) is 19.6 Å². The molecule has 1 aliphatic rings. The van der Waals surface area contributed by atoms with Crippen molar-refractivity contribution in [1.82, 2.24) is 15.3 Å². The molecule has 0 bridgehead atoms. The Morgan fingerprint density at radius 1 is 1.23 bits per heavy atom. The lowest BCUT2D eigenvalue weighted by atomic mass is 10.1. The van der Waals surface area contributed by atoms with Gasteiger partial charge in [0.2, 0.25) is 5.91 Å². The molecule has 2 amide bonds. The van der Waals surface area contributed by atoms with Crippen LogP contribution in [0.1, 0.15) is 48.8 Å². The van der Waals surface area contributed by atoms with Crippen LogP contribution in [-0.2, 0) is 16.0 Å². The highest BCUT2D eigenvalue weighted by Crippen LogP contribution is 2.26. The van der Waals surface area contributed by atoms with E-state index in [0.717, 1.165) is 25.7 Å². The molecule has 1 aromatic heterocycles. The van der Waals surface area contributed by atoms with Gasteiger partial charge in [-0.15, -0.1) is 0 Å². The van der Waals surface area contributed by atoms with E-state index in [0.29, 0.717) is 61.6 Å². The molecule has 1 aromatic carbocycles. The molecule has 2 heterocycles. The predicted molar refractivity (Wildman–Crippen MR) is 135 cm³/mol. The first kappa shape index (κ1) is 26.0. The quantitative estimate of drug-likeness (QED) is 0.252. The first-order chi connectivity index (χ1) is 17.0. The summed E-state index contributed by atoms with van der Waals surface area (Å²) in [5.41, 5.74) is 7.09. The third kappa shape index (κ3) is 7.96. The number of aryl methyl sites for hydroxylation is 1. The van der Waals surface area contributed by atoms with E-state index in [1.54, 1.807) is 0 Å². The smallest absolute Gasteiger partial charge is 0.271 e. The van der Waals surface area contributed by atoms with Gasteiger partial charge in [0.05, 0.1) is 12.3 Å². The molecular weight excluding hydrogens is 448 g/mol.